The molecular weight excluding hydrogens is 422 g/mol. The van der Waals surface area contributed by atoms with Crippen LogP contribution in [0.15, 0.2) is 84.9 Å². The third-order valence-corrected chi connectivity index (χ3v) is 7.97. The van der Waals surface area contributed by atoms with Crippen LogP contribution in [0.25, 0.3) is 22.3 Å². The highest BCUT2D eigenvalue weighted by Gasteiger charge is 2.27. The van der Waals surface area contributed by atoms with E-state index in [9.17, 15) is 0 Å². The van der Waals surface area contributed by atoms with Crippen molar-refractivity contribution in [3.8, 4) is 22.3 Å². The molecule has 4 aromatic carbocycles. The lowest BCUT2D eigenvalue weighted by atomic mass is 10.0. The first-order valence-corrected chi connectivity index (χ1v) is 13.5. The Labute approximate surface area is 210 Å². The van der Waals surface area contributed by atoms with Crippen molar-refractivity contribution in [1.29, 1.82) is 0 Å². The van der Waals surface area contributed by atoms with Crippen molar-refractivity contribution >= 4 is 11.4 Å². The molecule has 0 fully saturated rings. The fourth-order valence-corrected chi connectivity index (χ4v) is 6.21. The molecule has 0 aromatic heterocycles. The van der Waals surface area contributed by atoms with Crippen LogP contribution in [-0.2, 0) is 12.8 Å². The van der Waals surface area contributed by atoms with Crippen LogP contribution in [0.3, 0.4) is 0 Å². The van der Waals surface area contributed by atoms with Gasteiger partial charge in [-0.25, -0.2) is 0 Å². The molecule has 176 valence electrons. The van der Waals surface area contributed by atoms with Crippen molar-refractivity contribution in [3.05, 3.63) is 107 Å². The Balaban J connectivity index is 1.39. The van der Waals surface area contributed by atoms with Gasteiger partial charge in [-0.2, -0.15) is 0 Å². The number of anilines is 2. The van der Waals surface area contributed by atoms with E-state index in [1.807, 2.05) is 0 Å². The van der Waals surface area contributed by atoms with Crippen LogP contribution in [0.2, 0.25) is 0 Å². The Hall–Kier alpha value is -3.32. The number of benzene rings is 4. The molecule has 35 heavy (non-hydrogen) atoms. The minimum atomic E-state index is 1.03. The van der Waals surface area contributed by atoms with E-state index in [4.69, 9.17) is 0 Å². The predicted molar refractivity (Wildman–Crippen MR) is 150 cm³/mol. The fourth-order valence-electron chi connectivity index (χ4n) is 6.21. The predicted octanol–water partition coefficient (Wildman–Crippen LogP) is 9.33. The average Bonchev–Trinajstić information content (AvgIpc) is 3.47. The summed E-state index contributed by atoms with van der Waals surface area (Å²) in [6.07, 6.45) is 9.98. The smallest absolute Gasteiger partial charge is 0.0453 e. The molecule has 6 rings (SSSR count). The fraction of sp³-hybridized carbons (Fsp3) is 0.294. The van der Waals surface area contributed by atoms with E-state index < -0.39 is 0 Å². The maximum Gasteiger partial charge on any atom is 0.0453 e. The first kappa shape index (κ1) is 22.2. The number of nitrogens with zero attached hydrogens (tertiary/aromatic N) is 1. The summed E-state index contributed by atoms with van der Waals surface area (Å²) in [5.41, 5.74) is 14.4. The molecule has 1 nitrogen and oxygen atoms in total. The third-order valence-electron chi connectivity index (χ3n) is 7.97. The maximum atomic E-state index is 2.66. The number of hydrogen-bond donors (Lipinski definition) is 0. The number of fused-ring (bicyclic) bond motifs is 6. The molecule has 0 saturated heterocycles. The van der Waals surface area contributed by atoms with Gasteiger partial charge >= 0.3 is 0 Å². The zero-order chi connectivity index (χ0) is 23.6. The van der Waals surface area contributed by atoms with E-state index in [2.05, 4.69) is 96.8 Å². The molecule has 1 heteroatoms. The summed E-state index contributed by atoms with van der Waals surface area (Å²) in [6, 6.07) is 31.8. The molecule has 0 atom stereocenters. The van der Waals surface area contributed by atoms with E-state index >= 15 is 0 Å². The summed E-state index contributed by atoms with van der Waals surface area (Å²) in [4.78, 5) is 2.66. The van der Waals surface area contributed by atoms with Crippen molar-refractivity contribution < 1.29 is 0 Å². The Morgan fingerprint density at radius 1 is 0.514 bits per heavy atom. The van der Waals surface area contributed by atoms with Gasteiger partial charge in [0.2, 0.25) is 0 Å². The largest absolute Gasteiger partial charge is 0.341 e. The summed E-state index contributed by atoms with van der Waals surface area (Å²) in [7, 11) is 0. The highest BCUT2D eigenvalue weighted by atomic mass is 15.1. The second kappa shape index (κ2) is 9.74. The third kappa shape index (κ3) is 4.08. The van der Waals surface area contributed by atoms with Crippen molar-refractivity contribution in [1.82, 2.24) is 0 Å². The molecule has 4 aromatic rings. The molecular formula is C34H35N. The van der Waals surface area contributed by atoms with Crippen LogP contribution < -0.4 is 4.90 Å². The van der Waals surface area contributed by atoms with Crippen molar-refractivity contribution in [2.45, 2.75) is 58.3 Å². The summed E-state index contributed by atoms with van der Waals surface area (Å²) in [5.74, 6) is 0. The molecule has 0 unspecified atom stereocenters. The van der Waals surface area contributed by atoms with Gasteiger partial charge in [0.15, 0.2) is 0 Å². The second-order valence-electron chi connectivity index (χ2n) is 10.2. The molecule has 0 saturated carbocycles. The first-order valence-electron chi connectivity index (χ1n) is 13.5. The Morgan fingerprint density at radius 2 is 1.00 bits per heavy atom. The van der Waals surface area contributed by atoms with Crippen LogP contribution in [0.4, 0.5) is 11.4 Å². The second-order valence-corrected chi connectivity index (χ2v) is 10.2. The van der Waals surface area contributed by atoms with E-state index in [1.165, 1.54) is 94.4 Å². The van der Waals surface area contributed by atoms with Gasteiger partial charge in [0.05, 0.1) is 0 Å². The minimum Gasteiger partial charge on any atom is -0.341 e. The monoisotopic (exact) mass is 457 g/mol. The highest BCUT2D eigenvalue weighted by Crippen LogP contribution is 2.46. The normalized spacial score (nSPS) is 12.7. The molecule has 0 heterocycles. The summed E-state index contributed by atoms with van der Waals surface area (Å²) in [6.45, 7) is 3.37. The van der Waals surface area contributed by atoms with E-state index in [0.717, 1.165) is 19.4 Å². The van der Waals surface area contributed by atoms with Crippen molar-refractivity contribution in [2.75, 3.05) is 11.4 Å². The number of hydrogen-bond acceptors (Lipinski definition) is 1. The van der Waals surface area contributed by atoms with Crippen LogP contribution in [-0.4, -0.2) is 6.54 Å². The molecule has 2 aliphatic rings. The molecule has 0 aliphatic heterocycles. The van der Waals surface area contributed by atoms with Crippen LogP contribution in [0.5, 0.6) is 0 Å². The van der Waals surface area contributed by atoms with Gasteiger partial charge in [0, 0.05) is 30.8 Å². The zero-order valence-electron chi connectivity index (χ0n) is 20.9. The standard InChI is InChI=1S/C34H35N/c1-2-3-4-5-6-11-22-35(33-20-12-18-29-27-16-9-7-14-25(27)23-31(29)33)34-21-13-19-30-28-17-10-8-15-26(28)24-32(30)34/h7-10,12-21H,2-6,11,22-24H2,1H3. The van der Waals surface area contributed by atoms with Crippen molar-refractivity contribution in [2.24, 2.45) is 0 Å². The molecule has 0 N–H and O–H groups in total. The molecule has 2 aliphatic carbocycles. The van der Waals surface area contributed by atoms with Gasteiger partial charge in [-0.1, -0.05) is 112 Å². The Morgan fingerprint density at radius 3 is 1.57 bits per heavy atom. The summed E-state index contributed by atoms with van der Waals surface area (Å²) >= 11 is 0. The molecule has 0 spiro atoms. The van der Waals surface area contributed by atoms with Gasteiger partial charge in [0.1, 0.15) is 0 Å². The lowest BCUT2D eigenvalue weighted by Gasteiger charge is -2.29. The van der Waals surface area contributed by atoms with Crippen LogP contribution in [0.1, 0.15) is 67.7 Å². The summed E-state index contributed by atoms with van der Waals surface area (Å²) in [5, 5.41) is 0. The van der Waals surface area contributed by atoms with E-state index in [0.29, 0.717) is 0 Å². The quantitative estimate of drug-likeness (QED) is 0.195. The van der Waals surface area contributed by atoms with Gasteiger partial charge in [0.25, 0.3) is 0 Å². The molecule has 0 bridgehead atoms. The van der Waals surface area contributed by atoms with Gasteiger partial charge < -0.3 is 4.90 Å². The lowest BCUT2D eigenvalue weighted by Crippen LogP contribution is -2.21. The molecule has 0 radical (unpaired) electrons. The number of rotatable bonds is 9. The van der Waals surface area contributed by atoms with Crippen LogP contribution >= 0.6 is 0 Å². The average molecular weight is 458 g/mol. The topological polar surface area (TPSA) is 3.24 Å². The van der Waals surface area contributed by atoms with Gasteiger partial charge in [-0.15, -0.1) is 0 Å². The molecule has 0 amide bonds. The van der Waals surface area contributed by atoms with Crippen LogP contribution in [0, 0.1) is 0 Å². The van der Waals surface area contributed by atoms with E-state index in [-0.39, 0.29) is 0 Å². The Kier molecular flexibility index (Phi) is 6.17. The lowest BCUT2D eigenvalue weighted by molar-refractivity contribution is 0.609. The zero-order valence-corrected chi connectivity index (χ0v) is 20.9. The van der Waals surface area contributed by atoms with E-state index in [1.54, 1.807) is 0 Å². The minimum absolute atomic E-state index is 1.03. The first-order chi connectivity index (χ1) is 17.3. The number of unbranched alkanes of at least 4 members (excludes halogenated alkanes) is 5. The van der Waals surface area contributed by atoms with Gasteiger partial charge in [-0.05, 0) is 63.1 Å². The van der Waals surface area contributed by atoms with Crippen molar-refractivity contribution in [3.63, 3.8) is 0 Å². The maximum absolute atomic E-state index is 2.66. The Bertz CT molecular complexity index is 1250. The van der Waals surface area contributed by atoms with Gasteiger partial charge in [-0.3, -0.25) is 0 Å². The SMILES string of the molecule is CCCCCCCCN(c1cccc2c1Cc1ccccc1-2)c1cccc2c1Cc1ccccc1-2. The highest BCUT2D eigenvalue weighted by molar-refractivity contribution is 5.88. The summed E-state index contributed by atoms with van der Waals surface area (Å²) < 4.78 is 0.